The standard InChI is InChI=1S/C15H19N5O2S/c1-19-10-17-12(8-14(19)21)18-15(22)20-5-2-3-11(9-20)7-13-16-4-6-23-13/h4,6,8,10-11H,2-3,5,7,9H2,1H3,(H,18,22). The molecule has 0 aliphatic carbocycles. The van der Waals surface area contributed by atoms with Crippen LogP contribution in [-0.2, 0) is 13.5 Å². The highest BCUT2D eigenvalue weighted by Crippen LogP contribution is 2.22. The van der Waals surface area contributed by atoms with Crippen LogP contribution in [0.3, 0.4) is 0 Å². The van der Waals surface area contributed by atoms with Crippen LogP contribution in [0.2, 0.25) is 0 Å². The highest BCUT2D eigenvalue weighted by atomic mass is 32.1. The first-order valence-electron chi connectivity index (χ1n) is 7.59. The molecule has 2 aromatic heterocycles. The van der Waals surface area contributed by atoms with Crippen molar-refractivity contribution in [3.8, 4) is 0 Å². The molecule has 0 spiro atoms. The van der Waals surface area contributed by atoms with Gasteiger partial charge in [0.25, 0.3) is 5.56 Å². The number of aromatic nitrogens is 3. The van der Waals surface area contributed by atoms with E-state index in [4.69, 9.17) is 0 Å². The van der Waals surface area contributed by atoms with Gasteiger partial charge in [-0.2, -0.15) is 0 Å². The summed E-state index contributed by atoms with van der Waals surface area (Å²) >= 11 is 1.65. The predicted molar refractivity (Wildman–Crippen MR) is 88.6 cm³/mol. The molecule has 3 heterocycles. The number of urea groups is 1. The van der Waals surface area contributed by atoms with Gasteiger partial charge in [-0.1, -0.05) is 0 Å². The molecule has 0 aromatic carbocycles. The molecular weight excluding hydrogens is 314 g/mol. The summed E-state index contributed by atoms with van der Waals surface area (Å²) in [5.41, 5.74) is -0.199. The molecule has 3 rings (SSSR count). The van der Waals surface area contributed by atoms with Crippen LogP contribution in [0.25, 0.3) is 0 Å². The van der Waals surface area contributed by atoms with Gasteiger partial charge in [-0.05, 0) is 18.8 Å². The van der Waals surface area contributed by atoms with Crippen molar-refractivity contribution < 1.29 is 4.79 Å². The van der Waals surface area contributed by atoms with Gasteiger partial charge >= 0.3 is 6.03 Å². The summed E-state index contributed by atoms with van der Waals surface area (Å²) < 4.78 is 1.36. The lowest BCUT2D eigenvalue weighted by molar-refractivity contribution is 0.177. The number of carbonyl (C=O) groups excluding carboxylic acids is 1. The van der Waals surface area contributed by atoms with Gasteiger partial charge in [-0.15, -0.1) is 11.3 Å². The third kappa shape index (κ3) is 3.95. The van der Waals surface area contributed by atoms with Crippen LogP contribution >= 0.6 is 11.3 Å². The lowest BCUT2D eigenvalue weighted by atomic mass is 9.95. The molecule has 2 amide bonds. The van der Waals surface area contributed by atoms with Crippen molar-refractivity contribution in [3.63, 3.8) is 0 Å². The smallest absolute Gasteiger partial charge is 0.323 e. The number of anilines is 1. The maximum Gasteiger partial charge on any atom is 0.323 e. The summed E-state index contributed by atoms with van der Waals surface area (Å²) in [5, 5.41) is 5.80. The zero-order valence-corrected chi connectivity index (χ0v) is 13.8. The number of carbonyl (C=O) groups is 1. The number of nitrogens with zero attached hydrogens (tertiary/aromatic N) is 4. The average Bonchev–Trinajstić information content (AvgIpc) is 3.04. The van der Waals surface area contributed by atoms with Crippen LogP contribution in [0, 0.1) is 5.92 Å². The second-order valence-electron chi connectivity index (χ2n) is 5.74. The first-order valence-corrected chi connectivity index (χ1v) is 8.47. The Balaban J connectivity index is 1.60. The lowest BCUT2D eigenvalue weighted by Gasteiger charge is -2.32. The minimum Gasteiger partial charge on any atom is -0.324 e. The van der Waals surface area contributed by atoms with E-state index in [0.717, 1.165) is 30.8 Å². The number of nitrogens with one attached hydrogen (secondary N) is 1. The van der Waals surface area contributed by atoms with E-state index in [-0.39, 0.29) is 11.6 Å². The van der Waals surface area contributed by atoms with Crippen molar-refractivity contribution >= 4 is 23.2 Å². The van der Waals surface area contributed by atoms with Crippen molar-refractivity contribution in [2.45, 2.75) is 19.3 Å². The predicted octanol–water partition coefficient (Wildman–Crippen LogP) is 1.72. The fourth-order valence-corrected chi connectivity index (χ4v) is 3.47. The normalized spacial score (nSPS) is 18.0. The van der Waals surface area contributed by atoms with Crippen LogP contribution in [0.15, 0.2) is 28.8 Å². The maximum atomic E-state index is 12.4. The van der Waals surface area contributed by atoms with E-state index in [1.807, 2.05) is 11.6 Å². The molecular formula is C15H19N5O2S. The van der Waals surface area contributed by atoms with Crippen molar-refractivity contribution in [1.29, 1.82) is 0 Å². The van der Waals surface area contributed by atoms with Crippen LogP contribution in [0.1, 0.15) is 17.8 Å². The number of amides is 2. The van der Waals surface area contributed by atoms with Gasteiger partial charge in [0.1, 0.15) is 5.82 Å². The molecule has 0 radical (unpaired) electrons. The quantitative estimate of drug-likeness (QED) is 0.927. The van der Waals surface area contributed by atoms with Crippen molar-refractivity contribution in [2.24, 2.45) is 13.0 Å². The van der Waals surface area contributed by atoms with Gasteiger partial charge in [0.05, 0.1) is 11.3 Å². The number of aryl methyl sites for hydroxylation is 1. The second kappa shape index (κ2) is 6.91. The first kappa shape index (κ1) is 15.7. The number of hydrogen-bond donors (Lipinski definition) is 1. The Morgan fingerprint density at radius 3 is 3.09 bits per heavy atom. The maximum absolute atomic E-state index is 12.4. The number of hydrogen-bond acceptors (Lipinski definition) is 5. The second-order valence-corrected chi connectivity index (χ2v) is 6.72. The minimum absolute atomic E-state index is 0.199. The molecule has 1 saturated heterocycles. The van der Waals surface area contributed by atoms with Gasteiger partial charge in [0.2, 0.25) is 0 Å². The minimum atomic E-state index is -0.199. The molecule has 1 N–H and O–H groups in total. The van der Waals surface area contributed by atoms with E-state index in [1.54, 1.807) is 23.3 Å². The Bertz CT molecular complexity index is 728. The van der Waals surface area contributed by atoms with Gasteiger partial charge in [0, 0.05) is 44.2 Å². The Morgan fingerprint density at radius 1 is 1.48 bits per heavy atom. The molecule has 122 valence electrons. The number of piperidine rings is 1. The number of rotatable bonds is 3. The topological polar surface area (TPSA) is 80.1 Å². The van der Waals surface area contributed by atoms with E-state index in [2.05, 4.69) is 15.3 Å². The Labute approximate surface area is 138 Å². The first-order chi connectivity index (χ1) is 11.1. The zero-order chi connectivity index (χ0) is 16.2. The molecule has 1 aliphatic rings. The molecule has 1 aliphatic heterocycles. The summed E-state index contributed by atoms with van der Waals surface area (Å²) in [6, 6.07) is 1.13. The molecule has 0 saturated carbocycles. The highest BCUT2D eigenvalue weighted by molar-refractivity contribution is 7.09. The fourth-order valence-electron chi connectivity index (χ4n) is 2.74. The Hall–Kier alpha value is -2.22. The SMILES string of the molecule is Cn1cnc(NC(=O)N2CCCC(Cc3nccs3)C2)cc1=O. The van der Waals surface area contributed by atoms with Crippen LogP contribution in [-0.4, -0.2) is 38.6 Å². The highest BCUT2D eigenvalue weighted by Gasteiger charge is 2.24. The number of thiazole rings is 1. The van der Waals surface area contributed by atoms with E-state index in [9.17, 15) is 9.59 Å². The van der Waals surface area contributed by atoms with Crippen LogP contribution < -0.4 is 10.9 Å². The largest absolute Gasteiger partial charge is 0.324 e. The molecule has 23 heavy (non-hydrogen) atoms. The van der Waals surface area contributed by atoms with Gasteiger partial charge in [-0.25, -0.2) is 14.8 Å². The van der Waals surface area contributed by atoms with Gasteiger partial charge in [0.15, 0.2) is 0 Å². The van der Waals surface area contributed by atoms with Crippen molar-refractivity contribution in [3.05, 3.63) is 39.3 Å². The summed E-state index contributed by atoms with van der Waals surface area (Å²) in [4.78, 5) is 34.1. The Morgan fingerprint density at radius 2 is 2.35 bits per heavy atom. The summed E-state index contributed by atoms with van der Waals surface area (Å²) in [5.74, 6) is 0.720. The van der Waals surface area contributed by atoms with E-state index in [1.165, 1.54) is 17.0 Å². The third-order valence-corrected chi connectivity index (χ3v) is 4.77. The lowest BCUT2D eigenvalue weighted by Crippen LogP contribution is -2.43. The molecule has 8 heteroatoms. The van der Waals surface area contributed by atoms with Crippen LogP contribution in [0.4, 0.5) is 10.6 Å². The van der Waals surface area contributed by atoms with E-state index in [0.29, 0.717) is 18.3 Å². The van der Waals surface area contributed by atoms with E-state index < -0.39 is 0 Å². The van der Waals surface area contributed by atoms with Crippen molar-refractivity contribution in [2.75, 3.05) is 18.4 Å². The Kier molecular flexibility index (Phi) is 4.71. The molecule has 1 unspecified atom stereocenters. The third-order valence-electron chi connectivity index (χ3n) is 3.97. The fraction of sp³-hybridized carbons (Fsp3) is 0.467. The van der Waals surface area contributed by atoms with Crippen LogP contribution in [0.5, 0.6) is 0 Å². The molecule has 7 nitrogen and oxygen atoms in total. The monoisotopic (exact) mass is 333 g/mol. The van der Waals surface area contributed by atoms with E-state index >= 15 is 0 Å². The van der Waals surface area contributed by atoms with Crippen molar-refractivity contribution in [1.82, 2.24) is 19.4 Å². The molecule has 0 bridgehead atoms. The van der Waals surface area contributed by atoms with Gasteiger partial charge < -0.3 is 9.47 Å². The summed E-state index contributed by atoms with van der Waals surface area (Å²) in [6.07, 6.45) is 6.21. The zero-order valence-electron chi connectivity index (χ0n) is 12.9. The molecule has 1 atom stereocenters. The molecule has 2 aromatic rings. The van der Waals surface area contributed by atoms with Gasteiger partial charge in [-0.3, -0.25) is 10.1 Å². The summed E-state index contributed by atoms with van der Waals surface area (Å²) in [7, 11) is 1.62. The number of likely N-dealkylation sites (tertiary alicyclic amines) is 1. The molecule has 1 fully saturated rings. The summed E-state index contributed by atoms with van der Waals surface area (Å²) in [6.45, 7) is 1.43. The average molecular weight is 333 g/mol.